The van der Waals surface area contributed by atoms with Gasteiger partial charge in [0, 0.05) is 30.4 Å². The maximum absolute atomic E-state index is 12.1. The first-order valence-corrected chi connectivity index (χ1v) is 8.35. The lowest BCUT2D eigenvalue weighted by atomic mass is 10.1. The highest BCUT2D eigenvalue weighted by molar-refractivity contribution is 6.30. The Morgan fingerprint density at radius 2 is 1.80 bits per heavy atom. The van der Waals surface area contributed by atoms with Crippen LogP contribution in [0.4, 0.5) is 5.69 Å². The Labute approximate surface area is 153 Å². The molecule has 1 unspecified atom stereocenters. The molecule has 0 spiro atoms. The highest BCUT2D eigenvalue weighted by atomic mass is 35.5. The van der Waals surface area contributed by atoms with E-state index < -0.39 is 0 Å². The minimum absolute atomic E-state index is 0.0792. The van der Waals surface area contributed by atoms with E-state index in [1.54, 1.807) is 44.4 Å². The molecule has 0 aliphatic carbocycles. The van der Waals surface area contributed by atoms with Crippen LogP contribution in [0.1, 0.15) is 28.9 Å². The van der Waals surface area contributed by atoms with E-state index in [2.05, 4.69) is 10.6 Å². The Morgan fingerprint density at radius 1 is 1.12 bits per heavy atom. The Bertz CT molecular complexity index is 745. The second-order valence-corrected chi connectivity index (χ2v) is 6.41. The van der Waals surface area contributed by atoms with Gasteiger partial charge in [-0.25, -0.2) is 0 Å². The number of hydrogen-bond acceptors (Lipinski definition) is 3. The maximum Gasteiger partial charge on any atom is 0.253 e. The molecule has 0 aromatic heterocycles. The lowest BCUT2D eigenvalue weighted by molar-refractivity contribution is -0.120. The monoisotopic (exact) mass is 359 g/mol. The highest BCUT2D eigenvalue weighted by Crippen LogP contribution is 2.16. The second-order valence-electron chi connectivity index (χ2n) is 5.97. The molecule has 5 nitrogen and oxygen atoms in total. The molecule has 0 heterocycles. The van der Waals surface area contributed by atoms with Crippen LogP contribution in [0.5, 0.6) is 0 Å². The second kappa shape index (κ2) is 8.53. The molecule has 0 aliphatic heterocycles. The van der Waals surface area contributed by atoms with Gasteiger partial charge in [0.1, 0.15) is 0 Å². The van der Waals surface area contributed by atoms with Crippen LogP contribution in [0.3, 0.4) is 0 Å². The topological polar surface area (TPSA) is 61.4 Å². The summed E-state index contributed by atoms with van der Waals surface area (Å²) in [6.07, 6.45) is 0. The van der Waals surface area contributed by atoms with Crippen molar-refractivity contribution in [1.29, 1.82) is 0 Å². The van der Waals surface area contributed by atoms with E-state index in [-0.39, 0.29) is 24.4 Å². The van der Waals surface area contributed by atoms with E-state index >= 15 is 0 Å². The molecule has 2 rings (SSSR count). The third-order valence-electron chi connectivity index (χ3n) is 3.72. The van der Waals surface area contributed by atoms with Gasteiger partial charge in [-0.3, -0.25) is 9.59 Å². The average Bonchev–Trinajstić information content (AvgIpc) is 2.60. The van der Waals surface area contributed by atoms with Gasteiger partial charge in [0.25, 0.3) is 5.91 Å². The number of halogens is 1. The van der Waals surface area contributed by atoms with Gasteiger partial charge in [-0.05, 0) is 42.8 Å². The summed E-state index contributed by atoms with van der Waals surface area (Å²) in [5.41, 5.74) is 2.28. The van der Waals surface area contributed by atoms with Crippen molar-refractivity contribution in [2.24, 2.45) is 0 Å². The molecule has 1 atom stereocenters. The predicted molar refractivity (Wildman–Crippen MR) is 101 cm³/mol. The average molecular weight is 360 g/mol. The summed E-state index contributed by atoms with van der Waals surface area (Å²) in [4.78, 5) is 25.6. The zero-order valence-corrected chi connectivity index (χ0v) is 15.3. The number of hydrogen-bond donors (Lipinski definition) is 2. The van der Waals surface area contributed by atoms with Gasteiger partial charge in [0.05, 0.1) is 12.6 Å². The van der Waals surface area contributed by atoms with Crippen LogP contribution in [-0.4, -0.2) is 37.4 Å². The Balaban J connectivity index is 1.90. The fourth-order valence-electron chi connectivity index (χ4n) is 2.33. The molecule has 0 saturated heterocycles. The lowest BCUT2D eigenvalue weighted by Crippen LogP contribution is -2.32. The molecule has 2 aromatic rings. The molecule has 6 heteroatoms. The van der Waals surface area contributed by atoms with E-state index in [0.29, 0.717) is 10.6 Å². The largest absolute Gasteiger partial charge is 0.376 e. The zero-order valence-electron chi connectivity index (χ0n) is 14.5. The van der Waals surface area contributed by atoms with Gasteiger partial charge in [-0.15, -0.1) is 0 Å². The number of nitrogens with one attached hydrogen (secondary N) is 2. The van der Waals surface area contributed by atoms with Gasteiger partial charge < -0.3 is 15.5 Å². The van der Waals surface area contributed by atoms with Gasteiger partial charge in [0.2, 0.25) is 5.91 Å². The van der Waals surface area contributed by atoms with Crippen LogP contribution in [0.2, 0.25) is 5.02 Å². The molecule has 2 amide bonds. The van der Waals surface area contributed by atoms with Gasteiger partial charge in [-0.2, -0.15) is 0 Å². The molecular weight excluding hydrogens is 338 g/mol. The summed E-state index contributed by atoms with van der Waals surface area (Å²) in [6, 6.07) is 14.3. The van der Waals surface area contributed by atoms with E-state index in [9.17, 15) is 9.59 Å². The van der Waals surface area contributed by atoms with E-state index in [1.807, 2.05) is 25.1 Å². The van der Waals surface area contributed by atoms with Crippen LogP contribution < -0.4 is 10.6 Å². The molecule has 25 heavy (non-hydrogen) atoms. The summed E-state index contributed by atoms with van der Waals surface area (Å²) in [7, 11) is 3.40. The normalized spacial score (nSPS) is 11.5. The first kappa shape index (κ1) is 18.8. The molecule has 0 aliphatic rings. The summed E-state index contributed by atoms with van der Waals surface area (Å²) in [6.45, 7) is 2.04. The van der Waals surface area contributed by atoms with E-state index in [4.69, 9.17) is 11.6 Å². The van der Waals surface area contributed by atoms with Crippen molar-refractivity contribution in [3.8, 4) is 0 Å². The van der Waals surface area contributed by atoms with Crippen LogP contribution in [0.15, 0.2) is 48.5 Å². The van der Waals surface area contributed by atoms with Crippen molar-refractivity contribution in [3.63, 3.8) is 0 Å². The number of anilines is 1. The summed E-state index contributed by atoms with van der Waals surface area (Å²) < 4.78 is 0. The van der Waals surface area contributed by atoms with Crippen molar-refractivity contribution in [3.05, 3.63) is 64.7 Å². The van der Waals surface area contributed by atoms with Crippen LogP contribution in [-0.2, 0) is 4.79 Å². The Morgan fingerprint density at radius 3 is 2.44 bits per heavy atom. The van der Waals surface area contributed by atoms with Crippen molar-refractivity contribution in [2.75, 3.05) is 26.0 Å². The SMILES string of the molecule is CC(NC(=O)CNc1cccc(C(=O)N(C)C)c1)c1ccc(Cl)cc1. The quantitative estimate of drug-likeness (QED) is 0.831. The standard InChI is InChI=1S/C19H22ClN3O2/c1-13(14-7-9-16(20)10-8-14)22-18(24)12-21-17-6-4-5-15(11-17)19(25)23(2)3/h4-11,13,21H,12H2,1-3H3,(H,22,24). The summed E-state index contributed by atoms with van der Waals surface area (Å²) in [5, 5.41) is 6.63. The maximum atomic E-state index is 12.1. The molecule has 132 valence electrons. The summed E-state index contributed by atoms with van der Waals surface area (Å²) >= 11 is 5.87. The third kappa shape index (κ3) is 5.50. The lowest BCUT2D eigenvalue weighted by Gasteiger charge is -2.15. The number of carbonyl (C=O) groups excluding carboxylic acids is 2. The van der Waals surface area contributed by atoms with Crippen molar-refractivity contribution in [2.45, 2.75) is 13.0 Å². The van der Waals surface area contributed by atoms with E-state index in [0.717, 1.165) is 11.3 Å². The summed E-state index contributed by atoms with van der Waals surface area (Å²) in [5.74, 6) is -0.212. The number of nitrogens with zero attached hydrogens (tertiary/aromatic N) is 1. The molecule has 0 bridgehead atoms. The zero-order chi connectivity index (χ0) is 18.4. The van der Waals surface area contributed by atoms with Crippen molar-refractivity contribution in [1.82, 2.24) is 10.2 Å². The highest BCUT2D eigenvalue weighted by Gasteiger charge is 2.11. The van der Waals surface area contributed by atoms with Crippen molar-refractivity contribution < 1.29 is 9.59 Å². The Hall–Kier alpha value is -2.53. The molecule has 0 radical (unpaired) electrons. The minimum Gasteiger partial charge on any atom is -0.376 e. The number of rotatable bonds is 6. The van der Waals surface area contributed by atoms with Crippen LogP contribution in [0, 0.1) is 0 Å². The Kier molecular flexibility index (Phi) is 6.42. The number of benzene rings is 2. The molecule has 2 N–H and O–H groups in total. The number of carbonyl (C=O) groups is 2. The van der Waals surface area contributed by atoms with Crippen LogP contribution >= 0.6 is 11.6 Å². The fourth-order valence-corrected chi connectivity index (χ4v) is 2.46. The minimum atomic E-state index is -0.133. The number of amides is 2. The molecule has 0 fully saturated rings. The van der Waals surface area contributed by atoms with Gasteiger partial charge in [0.15, 0.2) is 0 Å². The molecular formula is C19H22ClN3O2. The molecule has 2 aromatic carbocycles. The predicted octanol–water partition coefficient (Wildman–Crippen LogP) is 3.33. The fraction of sp³-hybridized carbons (Fsp3) is 0.263. The van der Waals surface area contributed by atoms with Crippen molar-refractivity contribution >= 4 is 29.1 Å². The first-order valence-electron chi connectivity index (χ1n) is 7.97. The molecule has 0 saturated carbocycles. The van der Waals surface area contributed by atoms with Gasteiger partial charge >= 0.3 is 0 Å². The van der Waals surface area contributed by atoms with Gasteiger partial charge in [-0.1, -0.05) is 29.8 Å². The first-order chi connectivity index (χ1) is 11.9. The smallest absolute Gasteiger partial charge is 0.253 e. The third-order valence-corrected chi connectivity index (χ3v) is 3.97. The van der Waals surface area contributed by atoms with E-state index in [1.165, 1.54) is 4.90 Å². The van der Waals surface area contributed by atoms with Crippen LogP contribution in [0.25, 0.3) is 0 Å².